The van der Waals surface area contributed by atoms with E-state index in [4.69, 9.17) is 29.4 Å². The Morgan fingerprint density at radius 2 is 1.80 bits per heavy atom. The van der Waals surface area contributed by atoms with Gasteiger partial charge in [0.05, 0.1) is 32.0 Å². The van der Waals surface area contributed by atoms with E-state index in [9.17, 15) is 17.6 Å². The van der Waals surface area contributed by atoms with Gasteiger partial charge in [0.25, 0.3) is 0 Å². The fourth-order valence-corrected chi connectivity index (χ4v) is 4.57. The monoisotopic (exact) mass is 567 g/mol. The number of alkyl halides is 3. The Kier molecular flexibility index (Phi) is 11.1. The maximum absolute atomic E-state index is 14.2. The summed E-state index contributed by atoms with van der Waals surface area (Å²) in [6.45, 7) is 4.91. The molecule has 0 radical (unpaired) electrons. The molecule has 2 aromatic rings. The molecule has 1 spiro atoms. The molecule has 2 aliphatic heterocycles. The fraction of sp³-hybridized carbons (Fsp3) is 0.500. The number of ether oxygens (including phenoxy) is 3. The van der Waals surface area contributed by atoms with Crippen molar-refractivity contribution in [2.75, 3.05) is 44.9 Å². The molecule has 2 aliphatic rings. The number of carboxylic acid groups (broad SMARTS) is 1. The smallest absolute Gasteiger partial charge is 0.490 e. The van der Waals surface area contributed by atoms with Gasteiger partial charge in [0, 0.05) is 30.6 Å². The molecule has 2 N–H and O–H groups in total. The van der Waals surface area contributed by atoms with E-state index < -0.39 is 12.1 Å². The molecule has 2 aromatic carbocycles. The van der Waals surface area contributed by atoms with Gasteiger partial charge in [-0.25, -0.2) is 9.18 Å². The van der Waals surface area contributed by atoms with Crippen molar-refractivity contribution in [2.45, 2.75) is 44.7 Å². The molecule has 218 valence electrons. The zero-order valence-corrected chi connectivity index (χ0v) is 22.2. The molecule has 0 atom stereocenters. The predicted octanol–water partition coefficient (Wildman–Crippen LogP) is 4.87. The van der Waals surface area contributed by atoms with Crippen LogP contribution in [0.2, 0.25) is 0 Å². The van der Waals surface area contributed by atoms with E-state index in [1.54, 1.807) is 6.07 Å². The number of rotatable bonds is 8. The molecule has 0 aromatic heterocycles. The minimum absolute atomic E-state index is 0.174. The molecule has 2 fully saturated rings. The second kappa shape index (κ2) is 14.3. The van der Waals surface area contributed by atoms with Crippen LogP contribution in [0.25, 0.3) is 0 Å². The summed E-state index contributed by atoms with van der Waals surface area (Å²) in [4.78, 5) is 11.1. The van der Waals surface area contributed by atoms with E-state index >= 15 is 0 Å². The predicted molar refractivity (Wildman–Crippen MR) is 138 cm³/mol. The Balaban J connectivity index is 0.000000559. The van der Waals surface area contributed by atoms with E-state index in [2.05, 4.69) is 16.3 Å². The molecule has 0 bridgehead atoms. The maximum Gasteiger partial charge on any atom is 0.490 e. The van der Waals surface area contributed by atoms with Gasteiger partial charge in [-0.1, -0.05) is 6.07 Å². The Bertz CT molecular complexity index is 1140. The number of piperidine rings is 1. The van der Waals surface area contributed by atoms with Crippen molar-refractivity contribution in [2.24, 2.45) is 5.41 Å². The average Bonchev–Trinajstić information content (AvgIpc) is 2.94. The summed E-state index contributed by atoms with van der Waals surface area (Å²) in [6.07, 6.45) is -1.38. The van der Waals surface area contributed by atoms with Crippen molar-refractivity contribution in [1.29, 1.82) is 5.26 Å². The van der Waals surface area contributed by atoms with Crippen molar-refractivity contribution in [1.82, 2.24) is 5.32 Å². The Morgan fingerprint density at radius 1 is 1.18 bits per heavy atom. The highest BCUT2D eigenvalue weighted by Crippen LogP contribution is 2.34. The third-order valence-corrected chi connectivity index (χ3v) is 6.88. The average molecular weight is 568 g/mol. The molecule has 0 unspecified atom stereocenters. The van der Waals surface area contributed by atoms with Gasteiger partial charge >= 0.3 is 12.1 Å². The SMILES string of the molecule is COc1ccc(CN(CCCC2OCC3(CCNCC3)CO2)c2ccc(C#N)cc2)cc1F.O=C(O)C(F)(F)F. The molecule has 0 aliphatic carbocycles. The number of methoxy groups -OCH3 is 1. The number of carboxylic acids is 1. The van der Waals surface area contributed by atoms with Crippen molar-refractivity contribution in [3.05, 3.63) is 59.4 Å². The lowest BCUT2D eigenvalue weighted by Crippen LogP contribution is -2.48. The van der Waals surface area contributed by atoms with Gasteiger partial charge in [-0.2, -0.15) is 18.4 Å². The summed E-state index contributed by atoms with van der Waals surface area (Å²) >= 11 is 0. The van der Waals surface area contributed by atoms with Crippen LogP contribution in [-0.4, -0.2) is 63.5 Å². The number of benzene rings is 2. The summed E-state index contributed by atoms with van der Waals surface area (Å²) in [5.74, 6) is -2.89. The van der Waals surface area contributed by atoms with E-state index in [1.807, 2.05) is 30.3 Å². The molecule has 0 saturated carbocycles. The molecule has 0 amide bonds. The van der Waals surface area contributed by atoms with Gasteiger partial charge in [0.1, 0.15) is 0 Å². The van der Waals surface area contributed by atoms with Gasteiger partial charge in [-0.15, -0.1) is 0 Å². The summed E-state index contributed by atoms with van der Waals surface area (Å²) in [5.41, 5.74) is 2.64. The molecule has 8 nitrogen and oxygen atoms in total. The van der Waals surface area contributed by atoms with Crippen LogP contribution >= 0.6 is 0 Å². The topological polar surface area (TPSA) is 104 Å². The molecule has 2 saturated heterocycles. The maximum atomic E-state index is 14.2. The van der Waals surface area contributed by atoms with Gasteiger partial charge in [-0.3, -0.25) is 0 Å². The molecular weight excluding hydrogens is 534 g/mol. The first kappa shape index (κ1) is 31.1. The minimum atomic E-state index is -5.08. The number of nitrogens with one attached hydrogen (secondary N) is 1. The number of hydrogen-bond donors (Lipinski definition) is 2. The van der Waals surface area contributed by atoms with Gasteiger partial charge in [-0.05, 0) is 74.3 Å². The first-order valence-corrected chi connectivity index (χ1v) is 12.9. The van der Waals surface area contributed by atoms with Crippen LogP contribution in [0.3, 0.4) is 0 Å². The molecular formula is C28H33F4N3O5. The molecule has 12 heteroatoms. The minimum Gasteiger partial charge on any atom is -0.494 e. The quantitative estimate of drug-likeness (QED) is 0.436. The van der Waals surface area contributed by atoms with Crippen LogP contribution in [-0.2, 0) is 20.8 Å². The van der Waals surface area contributed by atoms with Crippen LogP contribution in [0.5, 0.6) is 5.75 Å². The first-order valence-electron chi connectivity index (χ1n) is 12.9. The second-order valence-electron chi connectivity index (χ2n) is 9.80. The zero-order valence-electron chi connectivity index (χ0n) is 22.2. The number of halogens is 4. The Morgan fingerprint density at radius 3 is 2.33 bits per heavy atom. The third kappa shape index (κ3) is 9.08. The van der Waals surface area contributed by atoms with Crippen LogP contribution in [0.1, 0.15) is 36.8 Å². The lowest BCUT2D eigenvalue weighted by molar-refractivity contribution is -0.236. The highest BCUT2D eigenvalue weighted by molar-refractivity contribution is 5.73. The fourth-order valence-electron chi connectivity index (χ4n) is 4.57. The van der Waals surface area contributed by atoms with Gasteiger partial charge < -0.3 is 29.5 Å². The molecule has 4 rings (SSSR count). The van der Waals surface area contributed by atoms with E-state index in [1.165, 1.54) is 13.2 Å². The highest BCUT2D eigenvalue weighted by Gasteiger charge is 2.38. The van der Waals surface area contributed by atoms with Crippen LogP contribution < -0.4 is 15.0 Å². The number of nitriles is 1. The number of hydrogen-bond acceptors (Lipinski definition) is 7. The third-order valence-electron chi connectivity index (χ3n) is 6.88. The van der Waals surface area contributed by atoms with Crippen molar-refractivity contribution >= 4 is 11.7 Å². The standard InChI is InChI=1S/C26H32FN3O3.C2HF3O2/c1-31-24-9-6-21(15-23(24)27)17-30(22-7-4-20(16-28)5-8-22)14-2-3-25-32-18-26(19-33-25)10-12-29-13-11-26;3-2(4,5)1(6)7/h4-9,15,25,29H,2-3,10-14,17-19H2,1H3;(H,6,7). The van der Waals surface area contributed by atoms with E-state index in [-0.39, 0.29) is 23.3 Å². The number of nitrogens with zero attached hydrogens (tertiary/aromatic N) is 2. The van der Waals surface area contributed by atoms with Crippen molar-refractivity contribution in [3.63, 3.8) is 0 Å². The summed E-state index contributed by atoms with van der Waals surface area (Å²) in [6, 6.07) is 14.7. The van der Waals surface area contributed by atoms with Crippen LogP contribution in [0, 0.1) is 22.6 Å². The van der Waals surface area contributed by atoms with Crippen LogP contribution in [0.15, 0.2) is 42.5 Å². The lowest BCUT2D eigenvalue weighted by Gasteiger charge is -2.42. The Labute approximate surface area is 230 Å². The number of aliphatic carboxylic acids is 1. The Hall–Kier alpha value is -3.40. The summed E-state index contributed by atoms with van der Waals surface area (Å²) < 4.78 is 63.2. The van der Waals surface area contributed by atoms with Gasteiger partial charge in [0.15, 0.2) is 17.9 Å². The van der Waals surface area contributed by atoms with Gasteiger partial charge in [0.2, 0.25) is 0 Å². The van der Waals surface area contributed by atoms with Crippen molar-refractivity contribution in [3.8, 4) is 11.8 Å². The van der Waals surface area contributed by atoms with Crippen LogP contribution in [0.4, 0.5) is 23.2 Å². The van der Waals surface area contributed by atoms with E-state index in [0.717, 1.165) is 69.8 Å². The summed E-state index contributed by atoms with van der Waals surface area (Å²) in [7, 11) is 1.46. The largest absolute Gasteiger partial charge is 0.494 e. The number of carbonyl (C=O) groups is 1. The van der Waals surface area contributed by atoms with Crippen molar-refractivity contribution < 1.29 is 41.7 Å². The highest BCUT2D eigenvalue weighted by atomic mass is 19.4. The summed E-state index contributed by atoms with van der Waals surface area (Å²) in [5, 5.41) is 19.6. The molecule has 2 heterocycles. The number of anilines is 1. The molecule has 40 heavy (non-hydrogen) atoms. The zero-order chi connectivity index (χ0) is 29.2. The second-order valence-corrected chi connectivity index (χ2v) is 9.80. The lowest BCUT2D eigenvalue weighted by atomic mass is 9.80. The van der Waals surface area contributed by atoms with E-state index in [0.29, 0.717) is 12.1 Å². The normalized spacial score (nSPS) is 16.9. The first-order chi connectivity index (χ1) is 19.0.